The molecule has 1 N–H and O–H groups in total. The lowest BCUT2D eigenvalue weighted by atomic mass is 9.87. The number of carboxylic acids is 1. The second kappa shape index (κ2) is 5.83. The molecule has 6 heteroatoms. The maximum atomic E-state index is 12.6. The fourth-order valence-electron chi connectivity index (χ4n) is 3.70. The number of carboxylic acid groups (broad SMARTS) is 1. The van der Waals surface area contributed by atoms with Gasteiger partial charge in [-0.1, -0.05) is 19.8 Å². The molecule has 3 aliphatic rings. The molecule has 6 nitrogen and oxygen atoms in total. The van der Waals surface area contributed by atoms with Crippen LogP contribution in [0.1, 0.15) is 32.6 Å². The van der Waals surface area contributed by atoms with Crippen LogP contribution in [-0.2, 0) is 9.53 Å². The third-order valence-corrected chi connectivity index (χ3v) is 5.25. The van der Waals surface area contributed by atoms with E-state index in [2.05, 4.69) is 0 Å². The van der Waals surface area contributed by atoms with E-state index < -0.39 is 5.97 Å². The minimum atomic E-state index is -0.772. The van der Waals surface area contributed by atoms with Gasteiger partial charge >= 0.3 is 12.0 Å². The highest BCUT2D eigenvalue weighted by molar-refractivity contribution is 5.77. The van der Waals surface area contributed by atoms with Crippen LogP contribution in [-0.4, -0.2) is 65.3 Å². The van der Waals surface area contributed by atoms with Gasteiger partial charge in [0.05, 0.1) is 24.7 Å². The van der Waals surface area contributed by atoms with Crippen molar-refractivity contribution >= 4 is 12.0 Å². The Labute approximate surface area is 125 Å². The average molecular weight is 296 g/mol. The highest BCUT2D eigenvalue weighted by Crippen LogP contribution is 2.31. The summed E-state index contributed by atoms with van der Waals surface area (Å²) in [4.78, 5) is 27.4. The molecule has 0 bridgehead atoms. The Morgan fingerprint density at radius 3 is 2.67 bits per heavy atom. The summed E-state index contributed by atoms with van der Waals surface area (Å²) in [5.41, 5.74) is 0. The number of morpholine rings is 1. The van der Waals surface area contributed by atoms with Crippen LogP contribution in [0.4, 0.5) is 4.79 Å². The first-order chi connectivity index (χ1) is 10.1. The Morgan fingerprint density at radius 2 is 1.95 bits per heavy atom. The second-order valence-corrected chi connectivity index (χ2v) is 6.53. The van der Waals surface area contributed by atoms with Crippen molar-refractivity contribution in [2.24, 2.45) is 11.8 Å². The molecule has 118 valence electrons. The molecule has 3 atom stereocenters. The molecular weight excluding hydrogens is 272 g/mol. The third-order valence-electron chi connectivity index (χ3n) is 5.25. The van der Waals surface area contributed by atoms with E-state index in [4.69, 9.17) is 9.84 Å². The zero-order valence-corrected chi connectivity index (χ0v) is 12.5. The van der Waals surface area contributed by atoms with Gasteiger partial charge in [0.15, 0.2) is 0 Å². The largest absolute Gasteiger partial charge is 0.481 e. The summed E-state index contributed by atoms with van der Waals surface area (Å²) < 4.78 is 5.79. The number of carbonyl (C=O) groups excluding carboxylic acids is 1. The van der Waals surface area contributed by atoms with Crippen LogP contribution in [0.2, 0.25) is 0 Å². The fraction of sp³-hybridized carbons (Fsp3) is 0.867. The number of fused-ring (bicyclic) bond motifs is 1. The van der Waals surface area contributed by atoms with E-state index >= 15 is 0 Å². The van der Waals surface area contributed by atoms with Crippen molar-refractivity contribution in [1.82, 2.24) is 9.80 Å². The summed E-state index contributed by atoms with van der Waals surface area (Å²) in [5.74, 6) is -1.05. The lowest BCUT2D eigenvalue weighted by Crippen LogP contribution is -2.63. The smallest absolute Gasteiger partial charge is 0.320 e. The van der Waals surface area contributed by atoms with Crippen LogP contribution in [0.3, 0.4) is 0 Å². The van der Waals surface area contributed by atoms with E-state index in [-0.39, 0.29) is 30.0 Å². The predicted octanol–water partition coefficient (Wildman–Crippen LogP) is 1.40. The fourth-order valence-corrected chi connectivity index (χ4v) is 3.70. The number of rotatable bonds is 2. The number of likely N-dealkylation sites (tertiary alicyclic amines) is 1. The number of carbonyl (C=O) groups is 2. The molecule has 0 aromatic heterocycles. The van der Waals surface area contributed by atoms with Gasteiger partial charge in [-0.05, 0) is 12.8 Å². The molecule has 0 aromatic carbocycles. The van der Waals surface area contributed by atoms with Gasteiger partial charge in [-0.3, -0.25) is 4.79 Å². The van der Waals surface area contributed by atoms with Gasteiger partial charge in [0.1, 0.15) is 0 Å². The van der Waals surface area contributed by atoms with Crippen molar-refractivity contribution < 1.29 is 19.4 Å². The number of hydrogen-bond acceptors (Lipinski definition) is 3. The molecule has 0 radical (unpaired) electrons. The summed E-state index contributed by atoms with van der Waals surface area (Å²) in [6.07, 6.45) is 4.62. The van der Waals surface area contributed by atoms with Gasteiger partial charge in [0, 0.05) is 25.6 Å². The molecule has 2 heterocycles. The van der Waals surface area contributed by atoms with Crippen LogP contribution < -0.4 is 0 Å². The SMILES string of the molecule is CC(C(=O)O)C1CN(C(=O)N2CCOC3CCCCC32)C1. The summed E-state index contributed by atoms with van der Waals surface area (Å²) >= 11 is 0. The minimum absolute atomic E-state index is 0.0732. The van der Waals surface area contributed by atoms with Crippen molar-refractivity contribution in [1.29, 1.82) is 0 Å². The highest BCUT2D eigenvalue weighted by Gasteiger charge is 2.43. The molecule has 21 heavy (non-hydrogen) atoms. The van der Waals surface area contributed by atoms with Crippen LogP contribution in [0.5, 0.6) is 0 Å². The van der Waals surface area contributed by atoms with E-state index in [0.717, 1.165) is 19.3 Å². The van der Waals surface area contributed by atoms with Gasteiger partial charge in [0.2, 0.25) is 0 Å². The maximum absolute atomic E-state index is 12.6. The standard InChI is InChI=1S/C15H24N2O4/c1-10(14(18)19)11-8-16(9-11)15(20)17-6-7-21-13-5-3-2-4-12(13)17/h10-13H,2-9H2,1H3,(H,18,19). The Balaban J connectivity index is 1.57. The number of aliphatic carboxylic acids is 1. The molecule has 1 aliphatic carbocycles. The van der Waals surface area contributed by atoms with Gasteiger partial charge < -0.3 is 19.6 Å². The van der Waals surface area contributed by atoms with E-state index in [9.17, 15) is 9.59 Å². The van der Waals surface area contributed by atoms with Crippen molar-refractivity contribution in [3.05, 3.63) is 0 Å². The van der Waals surface area contributed by atoms with E-state index in [0.29, 0.717) is 26.2 Å². The molecule has 0 aromatic rings. The maximum Gasteiger partial charge on any atom is 0.320 e. The van der Waals surface area contributed by atoms with Gasteiger partial charge in [-0.2, -0.15) is 0 Å². The predicted molar refractivity (Wildman–Crippen MR) is 76.0 cm³/mol. The average Bonchev–Trinajstić information content (AvgIpc) is 2.44. The number of urea groups is 1. The summed E-state index contributed by atoms with van der Waals surface area (Å²) in [5, 5.41) is 9.01. The molecule has 0 spiro atoms. The Kier molecular flexibility index (Phi) is 4.06. The van der Waals surface area contributed by atoms with Crippen LogP contribution in [0, 0.1) is 11.8 Å². The first kappa shape index (κ1) is 14.6. The number of hydrogen-bond donors (Lipinski definition) is 1. The lowest BCUT2D eigenvalue weighted by molar-refractivity contribution is -0.145. The minimum Gasteiger partial charge on any atom is -0.481 e. The third kappa shape index (κ3) is 2.73. The second-order valence-electron chi connectivity index (χ2n) is 6.53. The first-order valence-corrected chi connectivity index (χ1v) is 7.98. The molecule has 2 aliphatic heterocycles. The number of ether oxygens (including phenoxy) is 1. The zero-order chi connectivity index (χ0) is 15.0. The monoisotopic (exact) mass is 296 g/mol. The Bertz CT molecular complexity index is 420. The van der Waals surface area contributed by atoms with Gasteiger partial charge in [-0.25, -0.2) is 4.79 Å². The van der Waals surface area contributed by atoms with Crippen molar-refractivity contribution in [3.63, 3.8) is 0 Å². The van der Waals surface area contributed by atoms with Crippen LogP contribution in [0.25, 0.3) is 0 Å². The Morgan fingerprint density at radius 1 is 1.24 bits per heavy atom. The number of amides is 2. The lowest BCUT2D eigenvalue weighted by Gasteiger charge is -2.49. The van der Waals surface area contributed by atoms with E-state index in [1.165, 1.54) is 6.42 Å². The summed E-state index contributed by atoms with van der Waals surface area (Å²) in [7, 11) is 0. The summed E-state index contributed by atoms with van der Waals surface area (Å²) in [6.45, 7) is 4.15. The molecular formula is C15H24N2O4. The topological polar surface area (TPSA) is 70.1 Å². The molecule has 2 amide bonds. The van der Waals surface area contributed by atoms with Crippen molar-refractivity contribution in [2.45, 2.75) is 44.8 Å². The van der Waals surface area contributed by atoms with Gasteiger partial charge in [0.25, 0.3) is 0 Å². The molecule has 1 saturated carbocycles. The highest BCUT2D eigenvalue weighted by atomic mass is 16.5. The quantitative estimate of drug-likeness (QED) is 0.836. The van der Waals surface area contributed by atoms with Crippen molar-refractivity contribution in [2.75, 3.05) is 26.2 Å². The molecule has 3 fully saturated rings. The van der Waals surface area contributed by atoms with E-state index in [1.54, 1.807) is 11.8 Å². The summed E-state index contributed by atoms with van der Waals surface area (Å²) in [6, 6.07) is 0.292. The molecule has 3 rings (SSSR count). The van der Waals surface area contributed by atoms with Crippen molar-refractivity contribution in [3.8, 4) is 0 Å². The van der Waals surface area contributed by atoms with E-state index in [1.807, 2.05) is 4.90 Å². The Hall–Kier alpha value is -1.30. The normalized spacial score (nSPS) is 31.3. The number of nitrogens with zero attached hydrogens (tertiary/aromatic N) is 2. The van der Waals surface area contributed by atoms with Crippen LogP contribution >= 0.6 is 0 Å². The zero-order valence-electron chi connectivity index (χ0n) is 12.5. The molecule has 2 saturated heterocycles. The first-order valence-electron chi connectivity index (χ1n) is 7.98. The van der Waals surface area contributed by atoms with Crippen LogP contribution in [0.15, 0.2) is 0 Å². The molecule has 3 unspecified atom stereocenters. The van der Waals surface area contributed by atoms with Gasteiger partial charge in [-0.15, -0.1) is 0 Å².